The summed E-state index contributed by atoms with van der Waals surface area (Å²) >= 11 is 5.83. The summed E-state index contributed by atoms with van der Waals surface area (Å²) in [6.45, 7) is 1.84. The molecule has 2 N–H and O–H groups in total. The van der Waals surface area contributed by atoms with E-state index in [1.807, 2.05) is 6.07 Å². The quantitative estimate of drug-likeness (QED) is 0.845. The van der Waals surface area contributed by atoms with Crippen LogP contribution in [0.5, 0.6) is 0 Å². The van der Waals surface area contributed by atoms with Gasteiger partial charge in [-0.25, -0.2) is 0 Å². The number of aliphatic carboxylic acids is 1. The summed E-state index contributed by atoms with van der Waals surface area (Å²) in [6.07, 6.45) is 0. The molecule has 1 aromatic rings. The summed E-state index contributed by atoms with van der Waals surface area (Å²) in [7, 11) is 0. The molecule has 0 bridgehead atoms. The number of carboxylic acid groups (broad SMARTS) is 1. The van der Waals surface area contributed by atoms with Crippen molar-refractivity contribution in [2.24, 2.45) is 5.92 Å². The van der Waals surface area contributed by atoms with Crippen LogP contribution in [0.3, 0.4) is 0 Å². The standard InChI is InChI=1S/C11H11ClN2O2/c1-7(11(15)16)6-14-10-4-2-3-9(12)8(10)5-13/h2-4,7,14H,6H2,1H3,(H,15,16). The van der Waals surface area contributed by atoms with Crippen LogP contribution in [-0.4, -0.2) is 17.6 Å². The molecule has 0 saturated heterocycles. The van der Waals surface area contributed by atoms with E-state index in [4.69, 9.17) is 22.0 Å². The molecule has 0 aliphatic rings. The highest BCUT2D eigenvalue weighted by molar-refractivity contribution is 6.32. The molecule has 1 unspecified atom stereocenters. The van der Waals surface area contributed by atoms with Crippen molar-refractivity contribution in [3.05, 3.63) is 28.8 Å². The first kappa shape index (κ1) is 12.3. The molecule has 1 rings (SSSR count). The number of halogens is 1. The van der Waals surface area contributed by atoms with Crippen LogP contribution in [0.2, 0.25) is 5.02 Å². The maximum absolute atomic E-state index is 10.6. The molecular weight excluding hydrogens is 228 g/mol. The zero-order valence-corrected chi connectivity index (χ0v) is 9.45. The Kier molecular flexibility index (Phi) is 4.15. The fourth-order valence-electron chi connectivity index (χ4n) is 1.14. The lowest BCUT2D eigenvalue weighted by Crippen LogP contribution is -2.20. The van der Waals surface area contributed by atoms with Gasteiger partial charge >= 0.3 is 5.97 Å². The van der Waals surface area contributed by atoms with Gasteiger partial charge in [0.2, 0.25) is 0 Å². The molecule has 4 nitrogen and oxygen atoms in total. The van der Waals surface area contributed by atoms with Gasteiger partial charge in [0.15, 0.2) is 0 Å². The number of carboxylic acids is 1. The number of nitrogens with one attached hydrogen (secondary N) is 1. The summed E-state index contributed by atoms with van der Waals surface area (Å²) < 4.78 is 0. The topological polar surface area (TPSA) is 73.1 Å². The molecular formula is C11H11ClN2O2. The molecule has 1 atom stereocenters. The molecule has 0 aliphatic heterocycles. The average Bonchev–Trinajstić information content (AvgIpc) is 2.25. The minimum absolute atomic E-state index is 0.254. The molecule has 5 heteroatoms. The van der Waals surface area contributed by atoms with E-state index in [1.165, 1.54) is 0 Å². The predicted octanol–water partition coefficient (Wildman–Crippen LogP) is 2.34. The lowest BCUT2D eigenvalue weighted by molar-refractivity contribution is -0.140. The first-order chi connectivity index (χ1) is 7.56. The van der Waals surface area contributed by atoms with E-state index in [9.17, 15) is 4.79 Å². The molecule has 0 spiro atoms. The van der Waals surface area contributed by atoms with Crippen molar-refractivity contribution in [3.63, 3.8) is 0 Å². The molecule has 0 aromatic heterocycles. The van der Waals surface area contributed by atoms with Gasteiger partial charge < -0.3 is 10.4 Å². The Bertz CT molecular complexity index is 440. The van der Waals surface area contributed by atoms with Crippen molar-refractivity contribution in [1.29, 1.82) is 5.26 Å². The fourth-order valence-corrected chi connectivity index (χ4v) is 1.35. The van der Waals surface area contributed by atoms with Crippen LogP contribution in [0.25, 0.3) is 0 Å². The second-order valence-corrected chi connectivity index (χ2v) is 3.80. The van der Waals surface area contributed by atoms with E-state index in [0.717, 1.165) is 0 Å². The van der Waals surface area contributed by atoms with E-state index in [1.54, 1.807) is 25.1 Å². The molecule has 0 aliphatic carbocycles. The summed E-state index contributed by atoms with van der Waals surface area (Å²) in [5.41, 5.74) is 0.893. The zero-order valence-electron chi connectivity index (χ0n) is 8.70. The monoisotopic (exact) mass is 238 g/mol. The second kappa shape index (κ2) is 5.38. The third kappa shape index (κ3) is 2.88. The molecule has 0 amide bonds. The maximum Gasteiger partial charge on any atom is 0.308 e. The molecule has 0 saturated carbocycles. The highest BCUT2D eigenvalue weighted by atomic mass is 35.5. The number of carbonyl (C=O) groups is 1. The normalized spacial score (nSPS) is 11.6. The van der Waals surface area contributed by atoms with Gasteiger partial charge in [-0.2, -0.15) is 5.26 Å². The Morgan fingerprint density at radius 3 is 2.94 bits per heavy atom. The number of benzene rings is 1. The van der Waals surface area contributed by atoms with Crippen molar-refractivity contribution >= 4 is 23.3 Å². The van der Waals surface area contributed by atoms with Crippen molar-refractivity contribution in [3.8, 4) is 6.07 Å². The number of hydrogen-bond acceptors (Lipinski definition) is 3. The largest absolute Gasteiger partial charge is 0.481 e. The highest BCUT2D eigenvalue weighted by Crippen LogP contribution is 2.23. The van der Waals surface area contributed by atoms with E-state index in [-0.39, 0.29) is 6.54 Å². The summed E-state index contributed by atoms with van der Waals surface area (Å²) in [4.78, 5) is 10.6. The van der Waals surface area contributed by atoms with Crippen LogP contribution in [0.1, 0.15) is 12.5 Å². The Hall–Kier alpha value is -1.73. The van der Waals surface area contributed by atoms with Crippen LogP contribution in [0.15, 0.2) is 18.2 Å². The van der Waals surface area contributed by atoms with E-state index in [2.05, 4.69) is 5.32 Å². The van der Waals surface area contributed by atoms with Crippen LogP contribution in [0, 0.1) is 17.2 Å². The lowest BCUT2D eigenvalue weighted by atomic mass is 10.1. The van der Waals surface area contributed by atoms with Gasteiger partial charge in [0, 0.05) is 6.54 Å². The van der Waals surface area contributed by atoms with Crippen molar-refractivity contribution < 1.29 is 9.90 Å². The van der Waals surface area contributed by atoms with Crippen LogP contribution in [-0.2, 0) is 4.79 Å². The Morgan fingerprint density at radius 1 is 1.69 bits per heavy atom. The van der Waals surface area contributed by atoms with E-state index in [0.29, 0.717) is 16.3 Å². The highest BCUT2D eigenvalue weighted by Gasteiger charge is 2.12. The van der Waals surface area contributed by atoms with Gasteiger partial charge in [-0.05, 0) is 12.1 Å². The number of anilines is 1. The minimum atomic E-state index is -0.881. The van der Waals surface area contributed by atoms with Gasteiger partial charge in [0.25, 0.3) is 0 Å². The second-order valence-electron chi connectivity index (χ2n) is 3.39. The molecule has 0 radical (unpaired) electrons. The van der Waals surface area contributed by atoms with E-state index >= 15 is 0 Å². The number of rotatable bonds is 4. The third-order valence-electron chi connectivity index (χ3n) is 2.15. The molecule has 0 fully saturated rings. The Balaban J connectivity index is 2.79. The smallest absolute Gasteiger partial charge is 0.308 e. The number of hydrogen-bond donors (Lipinski definition) is 2. The molecule has 84 valence electrons. The van der Waals surface area contributed by atoms with Crippen molar-refractivity contribution in [1.82, 2.24) is 0 Å². The fraction of sp³-hybridized carbons (Fsp3) is 0.273. The van der Waals surface area contributed by atoms with Gasteiger partial charge in [0.1, 0.15) is 6.07 Å². The van der Waals surface area contributed by atoms with Crippen LogP contribution < -0.4 is 5.32 Å². The number of nitriles is 1. The average molecular weight is 239 g/mol. The zero-order chi connectivity index (χ0) is 12.1. The van der Waals surface area contributed by atoms with Gasteiger partial charge in [-0.1, -0.05) is 24.6 Å². The summed E-state index contributed by atoms with van der Waals surface area (Å²) in [5, 5.41) is 20.8. The molecule has 0 heterocycles. The van der Waals surface area contributed by atoms with Crippen LogP contribution >= 0.6 is 11.6 Å². The lowest BCUT2D eigenvalue weighted by Gasteiger charge is -2.11. The Morgan fingerprint density at radius 2 is 2.38 bits per heavy atom. The third-order valence-corrected chi connectivity index (χ3v) is 2.46. The predicted molar refractivity (Wildman–Crippen MR) is 61.5 cm³/mol. The Labute approximate surface area is 98.5 Å². The van der Waals surface area contributed by atoms with Gasteiger partial charge in [0.05, 0.1) is 22.2 Å². The summed E-state index contributed by atoms with van der Waals surface area (Å²) in [5.74, 6) is -1.40. The van der Waals surface area contributed by atoms with Crippen molar-refractivity contribution in [2.75, 3.05) is 11.9 Å². The van der Waals surface area contributed by atoms with Gasteiger partial charge in [-0.3, -0.25) is 4.79 Å². The maximum atomic E-state index is 10.6. The van der Waals surface area contributed by atoms with Crippen molar-refractivity contribution in [2.45, 2.75) is 6.92 Å². The molecule has 1 aromatic carbocycles. The van der Waals surface area contributed by atoms with E-state index < -0.39 is 11.9 Å². The minimum Gasteiger partial charge on any atom is -0.481 e. The first-order valence-corrected chi connectivity index (χ1v) is 5.09. The van der Waals surface area contributed by atoms with Crippen LogP contribution in [0.4, 0.5) is 5.69 Å². The number of nitrogens with zero attached hydrogens (tertiary/aromatic N) is 1. The summed E-state index contributed by atoms with van der Waals surface area (Å²) in [6, 6.07) is 6.99. The first-order valence-electron chi connectivity index (χ1n) is 4.71. The van der Waals surface area contributed by atoms with Gasteiger partial charge in [-0.15, -0.1) is 0 Å². The molecule has 16 heavy (non-hydrogen) atoms. The SMILES string of the molecule is CC(CNc1cccc(Cl)c1C#N)C(=O)O.